The monoisotopic (exact) mass is 528 g/mol. The first kappa shape index (κ1) is 27.6. The van der Waals surface area contributed by atoms with Gasteiger partial charge in [-0.1, -0.05) is 60.7 Å². The summed E-state index contributed by atoms with van der Waals surface area (Å²) in [5.41, 5.74) is 2.49. The highest BCUT2D eigenvalue weighted by Crippen LogP contribution is 2.27. The van der Waals surface area contributed by atoms with Crippen LogP contribution in [0.25, 0.3) is 10.9 Å². The first-order valence-electron chi connectivity index (χ1n) is 12.9. The Morgan fingerprint density at radius 3 is 2.26 bits per heavy atom. The molecule has 8 heteroatoms. The maximum atomic E-state index is 13.1. The molecule has 1 N–H and O–H groups in total. The van der Waals surface area contributed by atoms with Crippen LogP contribution in [0.3, 0.4) is 0 Å². The number of nitrogens with zero attached hydrogens (tertiary/aromatic N) is 1. The number of hydrogen-bond donors (Lipinski definition) is 1. The summed E-state index contributed by atoms with van der Waals surface area (Å²) in [4.78, 5) is 29.9. The van der Waals surface area contributed by atoms with E-state index in [1.807, 2.05) is 79.7 Å². The van der Waals surface area contributed by atoms with Crippen molar-refractivity contribution in [2.45, 2.75) is 26.6 Å². The lowest BCUT2D eigenvalue weighted by Gasteiger charge is -2.13. The van der Waals surface area contributed by atoms with Gasteiger partial charge in [-0.05, 0) is 42.3 Å². The average molecular weight is 529 g/mol. The summed E-state index contributed by atoms with van der Waals surface area (Å²) in [5, 5.41) is 3.36. The smallest absolute Gasteiger partial charge is 0.325 e. The third kappa shape index (κ3) is 8.55. The van der Waals surface area contributed by atoms with E-state index in [4.69, 9.17) is 18.9 Å². The van der Waals surface area contributed by atoms with Crippen molar-refractivity contribution in [2.24, 2.45) is 0 Å². The Morgan fingerprint density at radius 1 is 0.821 bits per heavy atom. The maximum Gasteiger partial charge on any atom is 0.325 e. The summed E-state index contributed by atoms with van der Waals surface area (Å²) in [6.07, 6.45) is 0.780. The molecule has 0 spiro atoms. The highest BCUT2D eigenvalue weighted by molar-refractivity contribution is 5.99. The van der Waals surface area contributed by atoms with Gasteiger partial charge < -0.3 is 24.3 Å². The van der Waals surface area contributed by atoms with Crippen molar-refractivity contribution in [2.75, 3.05) is 26.4 Å². The maximum absolute atomic E-state index is 13.1. The zero-order chi connectivity index (χ0) is 27.3. The molecule has 202 valence electrons. The number of pyridine rings is 1. The van der Waals surface area contributed by atoms with Gasteiger partial charge in [-0.2, -0.15) is 0 Å². The number of carbonyl (C=O) groups excluding carboxylic acids is 2. The van der Waals surface area contributed by atoms with Crippen LogP contribution < -0.4 is 14.8 Å². The number of aromatic nitrogens is 1. The lowest BCUT2D eigenvalue weighted by Crippen LogP contribution is -2.31. The Hall–Kier alpha value is -4.43. The van der Waals surface area contributed by atoms with Gasteiger partial charge in [0.1, 0.15) is 25.5 Å². The molecule has 0 aliphatic heterocycles. The third-order valence-electron chi connectivity index (χ3n) is 5.75. The first-order valence-corrected chi connectivity index (χ1v) is 12.9. The van der Waals surface area contributed by atoms with Crippen LogP contribution in [-0.4, -0.2) is 43.2 Å². The lowest BCUT2D eigenvalue weighted by molar-refractivity contribution is -0.143. The molecular formula is C31H32N2O6. The normalized spacial score (nSPS) is 10.7. The van der Waals surface area contributed by atoms with Crippen LogP contribution >= 0.6 is 0 Å². The molecule has 3 aromatic carbocycles. The number of benzene rings is 3. The van der Waals surface area contributed by atoms with Crippen LogP contribution in [0.2, 0.25) is 0 Å². The van der Waals surface area contributed by atoms with Gasteiger partial charge in [0.25, 0.3) is 5.91 Å². The molecule has 0 bridgehead atoms. The van der Waals surface area contributed by atoms with E-state index in [2.05, 4.69) is 10.3 Å². The highest BCUT2D eigenvalue weighted by atomic mass is 16.5. The minimum atomic E-state index is -0.550. The van der Waals surface area contributed by atoms with Crippen LogP contribution in [0.1, 0.15) is 35.0 Å². The van der Waals surface area contributed by atoms with Crippen molar-refractivity contribution in [3.63, 3.8) is 0 Å². The van der Waals surface area contributed by atoms with Crippen molar-refractivity contribution >= 4 is 22.8 Å². The molecule has 4 aromatic rings. The molecule has 0 aliphatic carbocycles. The van der Waals surface area contributed by atoms with Crippen LogP contribution in [0.5, 0.6) is 11.5 Å². The summed E-state index contributed by atoms with van der Waals surface area (Å²) >= 11 is 0. The topological polar surface area (TPSA) is 96.0 Å². The quantitative estimate of drug-likeness (QED) is 0.180. The number of amides is 1. The Balaban J connectivity index is 1.46. The van der Waals surface area contributed by atoms with Gasteiger partial charge in [0.15, 0.2) is 11.4 Å². The van der Waals surface area contributed by atoms with Crippen LogP contribution in [0, 0.1) is 0 Å². The van der Waals surface area contributed by atoms with E-state index in [1.165, 1.54) is 0 Å². The fourth-order valence-electron chi connectivity index (χ4n) is 3.75. The molecule has 1 aromatic heterocycles. The number of rotatable bonds is 14. The van der Waals surface area contributed by atoms with Crippen molar-refractivity contribution in [3.8, 4) is 11.5 Å². The summed E-state index contributed by atoms with van der Waals surface area (Å²) in [6.45, 7) is 3.89. The first-order chi connectivity index (χ1) is 19.1. The van der Waals surface area contributed by atoms with Gasteiger partial charge in [0, 0.05) is 25.0 Å². The zero-order valence-electron chi connectivity index (χ0n) is 21.9. The Morgan fingerprint density at radius 2 is 1.54 bits per heavy atom. The number of ether oxygens (including phenoxy) is 4. The van der Waals surface area contributed by atoms with Gasteiger partial charge in [0.2, 0.25) is 0 Å². The van der Waals surface area contributed by atoms with Gasteiger partial charge in [0.05, 0.1) is 12.1 Å². The van der Waals surface area contributed by atoms with E-state index in [9.17, 15) is 9.59 Å². The highest BCUT2D eigenvalue weighted by Gasteiger charge is 2.18. The largest absolute Gasteiger partial charge is 0.493 e. The predicted octanol–water partition coefficient (Wildman–Crippen LogP) is 5.09. The number of esters is 1. The van der Waals surface area contributed by atoms with Gasteiger partial charge >= 0.3 is 5.97 Å². The van der Waals surface area contributed by atoms with E-state index >= 15 is 0 Å². The van der Waals surface area contributed by atoms with Gasteiger partial charge in [-0.15, -0.1) is 0 Å². The summed E-state index contributed by atoms with van der Waals surface area (Å²) in [7, 11) is 0. The second-order valence-corrected chi connectivity index (χ2v) is 8.69. The Bertz CT molecular complexity index is 1360. The second kappa shape index (κ2) is 14.5. The van der Waals surface area contributed by atoms with E-state index in [1.54, 1.807) is 12.1 Å². The SMILES string of the molecule is CCOCCCOc1ccc2nc(C(=O)NCC(=O)OCc3ccccc3)c(OCc3ccccc3)cc2c1. The van der Waals surface area contributed by atoms with Gasteiger partial charge in [-0.3, -0.25) is 9.59 Å². The standard InChI is InChI=1S/C31H32N2O6/c1-2-36-16-9-17-37-26-14-15-27-25(18-26)19-28(38-21-23-10-5-3-6-11-23)30(33-27)31(35)32-20-29(34)39-22-24-12-7-4-8-13-24/h3-8,10-15,18-19H,2,9,16-17,20-22H2,1H3,(H,32,35). The van der Waals surface area contributed by atoms with Crippen LogP contribution in [-0.2, 0) is 27.5 Å². The molecule has 0 radical (unpaired) electrons. The van der Waals surface area contributed by atoms with E-state index < -0.39 is 11.9 Å². The number of hydrogen-bond acceptors (Lipinski definition) is 7. The van der Waals surface area contributed by atoms with Crippen LogP contribution in [0.15, 0.2) is 84.9 Å². The molecule has 4 rings (SSSR count). The second-order valence-electron chi connectivity index (χ2n) is 8.69. The molecule has 39 heavy (non-hydrogen) atoms. The Kier molecular flexibility index (Phi) is 10.3. The minimum Gasteiger partial charge on any atom is -0.493 e. The average Bonchev–Trinajstić information content (AvgIpc) is 2.98. The van der Waals surface area contributed by atoms with E-state index in [0.717, 1.165) is 22.9 Å². The minimum absolute atomic E-state index is 0.0830. The van der Waals surface area contributed by atoms with E-state index in [-0.39, 0.29) is 25.5 Å². The predicted molar refractivity (Wildman–Crippen MR) is 148 cm³/mol. The molecule has 0 saturated heterocycles. The molecule has 0 fully saturated rings. The molecular weight excluding hydrogens is 496 g/mol. The Labute approximate surface area is 227 Å². The molecule has 1 amide bonds. The molecule has 0 unspecified atom stereocenters. The van der Waals surface area contributed by atoms with Crippen molar-refractivity contribution < 1.29 is 28.5 Å². The number of nitrogens with one attached hydrogen (secondary N) is 1. The summed E-state index contributed by atoms with van der Waals surface area (Å²) in [6, 6.07) is 26.2. The third-order valence-corrected chi connectivity index (χ3v) is 5.75. The van der Waals surface area contributed by atoms with Gasteiger partial charge in [-0.25, -0.2) is 4.98 Å². The molecule has 1 heterocycles. The number of fused-ring (bicyclic) bond motifs is 1. The van der Waals surface area contributed by atoms with Crippen molar-refractivity contribution in [1.29, 1.82) is 0 Å². The molecule has 8 nitrogen and oxygen atoms in total. The van der Waals surface area contributed by atoms with E-state index in [0.29, 0.717) is 36.8 Å². The van der Waals surface area contributed by atoms with Crippen LogP contribution in [0.4, 0.5) is 0 Å². The molecule has 0 aliphatic rings. The fourth-order valence-corrected chi connectivity index (χ4v) is 3.75. The zero-order valence-corrected chi connectivity index (χ0v) is 21.9. The molecule has 0 saturated carbocycles. The lowest BCUT2D eigenvalue weighted by atomic mass is 10.1. The summed E-state index contributed by atoms with van der Waals surface area (Å²) in [5.74, 6) is -0.0954. The van der Waals surface area contributed by atoms with Crippen molar-refractivity contribution in [1.82, 2.24) is 10.3 Å². The molecule has 0 atom stereocenters. The summed E-state index contributed by atoms with van der Waals surface area (Å²) < 4.78 is 22.5. The van der Waals surface area contributed by atoms with Crippen molar-refractivity contribution in [3.05, 3.63) is 102 Å². The fraction of sp³-hybridized carbons (Fsp3) is 0.258. The number of carbonyl (C=O) groups is 2.